The minimum absolute atomic E-state index is 0.153. The lowest BCUT2D eigenvalue weighted by molar-refractivity contribution is 0.103. The number of hydrogen-bond acceptors (Lipinski definition) is 1. The number of hydrogen-bond donors (Lipinski definition) is 0. The van der Waals surface area contributed by atoms with Crippen LogP contribution in [0.1, 0.15) is 74.9 Å². The molecule has 1 nitrogen and oxygen atoms in total. The lowest BCUT2D eigenvalue weighted by Gasteiger charge is -2.19. The number of carbonyl (C=O) groups excluding carboxylic acids is 1. The Hall–Kier alpha value is -2.15. The quantitative estimate of drug-likeness (QED) is 0.534. The second kappa shape index (κ2) is 6.48. The zero-order valence-electron chi connectivity index (χ0n) is 17.1. The molecule has 1 saturated carbocycles. The van der Waals surface area contributed by atoms with Crippen molar-refractivity contribution in [3.8, 4) is 11.1 Å². The lowest BCUT2D eigenvalue weighted by atomic mass is 9.85. The molecule has 0 aromatic heterocycles. The molecule has 2 aromatic rings. The molecule has 0 bridgehead atoms. The molecule has 0 amide bonds. The van der Waals surface area contributed by atoms with Gasteiger partial charge >= 0.3 is 0 Å². The van der Waals surface area contributed by atoms with Gasteiger partial charge in [-0.1, -0.05) is 89.1 Å². The van der Waals surface area contributed by atoms with Crippen LogP contribution in [-0.2, 0) is 11.8 Å². The molecule has 0 unspecified atom stereocenters. The van der Waals surface area contributed by atoms with Gasteiger partial charge in [0.05, 0.1) is 0 Å². The highest BCUT2D eigenvalue weighted by molar-refractivity contribution is 6.14. The van der Waals surface area contributed by atoms with Gasteiger partial charge in [-0.25, -0.2) is 0 Å². The number of rotatable bonds is 2. The van der Waals surface area contributed by atoms with E-state index in [-0.39, 0.29) is 16.6 Å². The zero-order chi connectivity index (χ0) is 19.2. The first-order chi connectivity index (χ1) is 12.8. The third-order valence-corrected chi connectivity index (χ3v) is 6.41. The topological polar surface area (TPSA) is 17.1 Å². The van der Waals surface area contributed by atoms with Crippen molar-refractivity contribution in [2.75, 3.05) is 0 Å². The molecule has 0 atom stereocenters. The fourth-order valence-corrected chi connectivity index (χ4v) is 4.72. The first-order valence-corrected chi connectivity index (χ1v) is 10.3. The van der Waals surface area contributed by atoms with E-state index in [0.29, 0.717) is 0 Å². The van der Waals surface area contributed by atoms with Crippen molar-refractivity contribution in [2.24, 2.45) is 5.41 Å². The molecule has 2 aromatic carbocycles. The van der Waals surface area contributed by atoms with Crippen molar-refractivity contribution in [3.63, 3.8) is 0 Å². The maximum absolute atomic E-state index is 13.0. The molecule has 4 rings (SSSR count). The summed E-state index contributed by atoms with van der Waals surface area (Å²) in [5.74, 6) is 0.242. The van der Waals surface area contributed by atoms with E-state index in [1.54, 1.807) is 0 Å². The summed E-state index contributed by atoms with van der Waals surface area (Å²) in [6.45, 7) is 9.03. The molecular weight excluding hydrogens is 328 g/mol. The van der Waals surface area contributed by atoms with Crippen LogP contribution >= 0.6 is 0 Å². The largest absolute Gasteiger partial charge is 0.289 e. The highest BCUT2D eigenvalue weighted by atomic mass is 16.1. The Kier molecular flexibility index (Phi) is 4.37. The summed E-state index contributed by atoms with van der Waals surface area (Å²) in [6.07, 6.45) is 8.07. The predicted molar refractivity (Wildman–Crippen MR) is 113 cm³/mol. The Labute approximate surface area is 163 Å². The molecule has 2 aliphatic carbocycles. The second-order valence-corrected chi connectivity index (χ2v) is 9.70. The zero-order valence-corrected chi connectivity index (χ0v) is 17.1. The number of Topliss-reactive ketones (excluding diaryl/α,β-unsaturated/α-hetero) is 1. The van der Waals surface area contributed by atoms with Gasteiger partial charge in [-0.3, -0.25) is 4.79 Å². The average Bonchev–Trinajstić information content (AvgIpc) is 3.19. The Bertz CT molecular complexity index is 900. The van der Waals surface area contributed by atoms with Crippen molar-refractivity contribution in [1.29, 1.82) is 0 Å². The maximum Gasteiger partial charge on any atom is 0.189 e. The minimum atomic E-state index is 0.153. The van der Waals surface area contributed by atoms with Gasteiger partial charge < -0.3 is 0 Å². The van der Waals surface area contributed by atoms with Gasteiger partial charge in [-0.2, -0.15) is 0 Å². The summed E-state index contributed by atoms with van der Waals surface area (Å²) in [7, 11) is 0. The van der Waals surface area contributed by atoms with Crippen LogP contribution in [0.15, 0.2) is 54.1 Å². The molecule has 1 heteroatoms. The van der Waals surface area contributed by atoms with Crippen LogP contribution < -0.4 is 0 Å². The first kappa shape index (κ1) is 18.2. The van der Waals surface area contributed by atoms with Crippen LogP contribution in [-0.4, -0.2) is 5.78 Å². The van der Waals surface area contributed by atoms with Crippen molar-refractivity contribution >= 4 is 5.78 Å². The van der Waals surface area contributed by atoms with Gasteiger partial charge in [0.15, 0.2) is 5.78 Å². The van der Waals surface area contributed by atoms with Gasteiger partial charge in [-0.15, -0.1) is 0 Å². The summed E-state index contributed by atoms with van der Waals surface area (Å²) in [4.78, 5) is 13.0. The van der Waals surface area contributed by atoms with E-state index in [0.717, 1.165) is 17.6 Å². The van der Waals surface area contributed by atoms with Gasteiger partial charge in [0.25, 0.3) is 0 Å². The summed E-state index contributed by atoms with van der Waals surface area (Å²) in [5.41, 5.74) is 7.24. The highest BCUT2D eigenvalue weighted by Gasteiger charge is 2.32. The van der Waals surface area contributed by atoms with E-state index in [9.17, 15) is 4.79 Å². The molecule has 0 N–H and O–H groups in total. The second-order valence-electron chi connectivity index (χ2n) is 9.70. The van der Waals surface area contributed by atoms with Crippen LogP contribution in [0.5, 0.6) is 0 Å². The van der Waals surface area contributed by atoms with Crippen LogP contribution in [0.2, 0.25) is 0 Å². The van der Waals surface area contributed by atoms with Crippen LogP contribution in [0.25, 0.3) is 11.1 Å². The summed E-state index contributed by atoms with van der Waals surface area (Å²) in [5, 5.41) is 0. The van der Waals surface area contributed by atoms with Crippen LogP contribution in [0.3, 0.4) is 0 Å². The fraction of sp³-hybridized carbons (Fsp3) is 0.423. The number of carbonyl (C=O) groups is 1. The Morgan fingerprint density at radius 1 is 0.926 bits per heavy atom. The Morgan fingerprint density at radius 2 is 1.56 bits per heavy atom. The minimum Gasteiger partial charge on any atom is -0.289 e. The first-order valence-electron chi connectivity index (χ1n) is 10.3. The van der Waals surface area contributed by atoms with Crippen molar-refractivity contribution < 1.29 is 4.79 Å². The standard InChI is InChI=1S/C26H30O/c1-25(2,3)20-12-10-18(11-13-20)21-8-7-9-22-23(21)16-19(24(22)27)17-26(4)14-5-6-15-26/h7-13,17H,5-6,14-16H2,1-4H3. The Balaban J connectivity index is 1.70. The number of benzene rings is 2. The van der Waals surface area contributed by atoms with Gasteiger partial charge in [-0.05, 0) is 45.9 Å². The molecule has 0 aliphatic heterocycles. The maximum atomic E-state index is 13.0. The van der Waals surface area contributed by atoms with Crippen molar-refractivity contribution in [3.05, 3.63) is 70.8 Å². The normalized spacial score (nSPS) is 20.3. The van der Waals surface area contributed by atoms with E-state index >= 15 is 0 Å². The smallest absolute Gasteiger partial charge is 0.189 e. The average molecular weight is 359 g/mol. The molecule has 2 aliphatic rings. The SMILES string of the molecule is CC1(C=C2Cc3c(cccc3-c3ccc(C(C)(C)C)cc3)C2=O)CCCC1. The van der Waals surface area contributed by atoms with Crippen LogP contribution in [0, 0.1) is 5.41 Å². The van der Waals surface area contributed by atoms with Crippen molar-refractivity contribution in [2.45, 2.75) is 65.2 Å². The number of ketones is 1. The summed E-state index contributed by atoms with van der Waals surface area (Å²) < 4.78 is 0. The molecule has 0 saturated heterocycles. The summed E-state index contributed by atoms with van der Waals surface area (Å²) >= 11 is 0. The van der Waals surface area contributed by atoms with E-state index in [4.69, 9.17) is 0 Å². The molecule has 0 radical (unpaired) electrons. The van der Waals surface area contributed by atoms with E-state index in [2.05, 4.69) is 64.1 Å². The van der Waals surface area contributed by atoms with Gasteiger partial charge in [0.2, 0.25) is 0 Å². The third kappa shape index (κ3) is 3.40. The number of fused-ring (bicyclic) bond motifs is 1. The monoisotopic (exact) mass is 358 g/mol. The lowest BCUT2D eigenvalue weighted by Crippen LogP contribution is -2.10. The third-order valence-electron chi connectivity index (χ3n) is 6.41. The van der Waals surface area contributed by atoms with Gasteiger partial charge in [0, 0.05) is 17.6 Å². The van der Waals surface area contributed by atoms with E-state index < -0.39 is 0 Å². The summed E-state index contributed by atoms with van der Waals surface area (Å²) in [6, 6.07) is 15.1. The predicted octanol–water partition coefficient (Wildman–Crippen LogP) is 6.90. The molecule has 1 fully saturated rings. The van der Waals surface area contributed by atoms with Crippen LogP contribution in [0.4, 0.5) is 0 Å². The van der Waals surface area contributed by atoms with E-state index in [1.807, 2.05) is 12.1 Å². The highest BCUT2D eigenvalue weighted by Crippen LogP contribution is 2.42. The molecule has 0 spiro atoms. The molecular formula is C26H30O. The van der Waals surface area contributed by atoms with Crippen molar-refractivity contribution in [1.82, 2.24) is 0 Å². The molecule has 27 heavy (non-hydrogen) atoms. The number of allylic oxidation sites excluding steroid dienone is 2. The fourth-order valence-electron chi connectivity index (χ4n) is 4.72. The van der Waals surface area contributed by atoms with E-state index in [1.165, 1.54) is 47.9 Å². The Morgan fingerprint density at radius 3 is 2.19 bits per heavy atom. The molecule has 140 valence electrons. The molecule has 0 heterocycles. The van der Waals surface area contributed by atoms with Gasteiger partial charge in [0.1, 0.15) is 0 Å².